The minimum atomic E-state index is -2.17. The molecule has 0 amide bonds. The summed E-state index contributed by atoms with van der Waals surface area (Å²) in [5.41, 5.74) is 0. The van der Waals surface area contributed by atoms with E-state index in [0.29, 0.717) is 0 Å². The van der Waals surface area contributed by atoms with Crippen molar-refractivity contribution in [1.82, 2.24) is 0 Å². The predicted octanol–water partition coefficient (Wildman–Crippen LogP) is -3.51. The fraction of sp³-hybridized carbons (Fsp3) is 1.00. The molecule has 0 aromatic heterocycles. The molecule has 0 radical (unpaired) electrons. The molecule has 0 saturated carbocycles. The Morgan fingerprint density at radius 2 is 1.00 bits per heavy atom. The second-order valence-corrected chi connectivity index (χ2v) is 3.02. The van der Waals surface area contributed by atoms with Gasteiger partial charge < -0.3 is 35.5 Å². The molecule has 0 rings (SSSR count). The average molecular weight is 278 g/mol. The third-order valence-electron chi connectivity index (χ3n) is 0.918. The Bertz CT molecular complexity index is 108. The number of thiol groups is 2. The third kappa shape index (κ3) is 29.3. The van der Waals surface area contributed by atoms with Crippen molar-refractivity contribution in [2.24, 2.45) is 0 Å². The summed E-state index contributed by atoms with van der Waals surface area (Å²) in [6.07, 6.45) is -1.48. The van der Waals surface area contributed by atoms with Gasteiger partial charge in [0.15, 0.2) is 0 Å². The maximum atomic E-state index is 8.75. The topological polar surface area (TPSA) is 142 Å². The van der Waals surface area contributed by atoms with Gasteiger partial charge in [0.25, 0.3) is 0 Å². The van der Waals surface area contributed by atoms with Gasteiger partial charge in [-0.3, -0.25) is 0 Å². The monoisotopic (exact) mass is 278 g/mol. The standard InChI is InChI=1S/C4H10O2S2.C2H6O2.BH3O3/c5-3(1-7)4(6)2-8;3-1-2-4;2-1(3)4/h3-8H,1-2H2;3-4H,1-2H2;2-4H. The molecule has 2 unspecified atom stereocenters. The van der Waals surface area contributed by atoms with Gasteiger partial charge in [-0.05, 0) is 0 Å². The summed E-state index contributed by atoms with van der Waals surface area (Å²) >= 11 is 7.53. The molecular formula is C6H19BO7S2. The minimum Gasteiger partial charge on any atom is -0.402 e. The summed E-state index contributed by atoms with van der Waals surface area (Å²) < 4.78 is 0. The van der Waals surface area contributed by atoms with Crippen LogP contribution in [0.3, 0.4) is 0 Å². The highest BCUT2D eigenvalue weighted by Crippen LogP contribution is 1.96. The van der Waals surface area contributed by atoms with Crippen molar-refractivity contribution in [3.63, 3.8) is 0 Å². The van der Waals surface area contributed by atoms with Crippen LogP contribution in [0, 0.1) is 0 Å². The van der Waals surface area contributed by atoms with Crippen molar-refractivity contribution < 1.29 is 35.5 Å². The Balaban J connectivity index is -0.000000179. The molecule has 0 heterocycles. The van der Waals surface area contributed by atoms with E-state index in [1.165, 1.54) is 0 Å². The van der Waals surface area contributed by atoms with E-state index in [9.17, 15) is 0 Å². The van der Waals surface area contributed by atoms with Gasteiger partial charge in [0.2, 0.25) is 0 Å². The molecular weight excluding hydrogens is 259 g/mol. The maximum Gasteiger partial charge on any atom is 0.631 e. The summed E-state index contributed by atoms with van der Waals surface area (Å²) in [5.74, 6) is 0.559. The highest BCUT2D eigenvalue weighted by molar-refractivity contribution is 7.80. The van der Waals surface area contributed by atoms with Crippen molar-refractivity contribution in [2.45, 2.75) is 12.2 Å². The summed E-state index contributed by atoms with van der Waals surface area (Å²) in [6, 6.07) is 0. The molecule has 7 nitrogen and oxygen atoms in total. The van der Waals surface area contributed by atoms with Crippen LogP contribution >= 0.6 is 25.3 Å². The highest BCUT2D eigenvalue weighted by Gasteiger charge is 2.10. The average Bonchev–Trinajstić information content (AvgIpc) is 2.26. The molecule has 0 fully saturated rings. The smallest absolute Gasteiger partial charge is 0.402 e. The minimum absolute atomic E-state index is 0.125. The molecule has 2 atom stereocenters. The van der Waals surface area contributed by atoms with Crippen LogP contribution in [0.25, 0.3) is 0 Å². The second-order valence-electron chi connectivity index (χ2n) is 2.29. The molecule has 7 N–H and O–H groups in total. The fourth-order valence-corrected chi connectivity index (χ4v) is 0.730. The quantitative estimate of drug-likeness (QED) is 0.192. The van der Waals surface area contributed by atoms with Crippen LogP contribution in [-0.2, 0) is 0 Å². The van der Waals surface area contributed by atoms with E-state index in [4.69, 9.17) is 35.5 Å². The van der Waals surface area contributed by atoms with Crippen LogP contribution in [-0.4, -0.2) is 79.7 Å². The van der Waals surface area contributed by atoms with E-state index in [1.54, 1.807) is 0 Å². The van der Waals surface area contributed by atoms with Gasteiger partial charge in [-0.25, -0.2) is 0 Å². The fourth-order valence-electron chi connectivity index (χ4n) is 0.243. The molecule has 100 valence electrons. The van der Waals surface area contributed by atoms with Crippen LogP contribution in [0.4, 0.5) is 0 Å². The van der Waals surface area contributed by atoms with E-state index in [1.807, 2.05) is 0 Å². The zero-order chi connectivity index (χ0) is 13.6. The summed E-state index contributed by atoms with van der Waals surface area (Å²) in [7, 11) is -2.17. The molecule has 0 saturated heterocycles. The second kappa shape index (κ2) is 17.9. The number of aliphatic hydroxyl groups excluding tert-OH is 4. The Morgan fingerprint density at radius 3 is 1.06 bits per heavy atom. The number of hydrogen-bond donors (Lipinski definition) is 9. The molecule has 10 heteroatoms. The summed E-state index contributed by atoms with van der Waals surface area (Å²) in [4.78, 5) is 0. The molecule has 0 aromatic carbocycles. The van der Waals surface area contributed by atoms with Crippen LogP contribution < -0.4 is 0 Å². The van der Waals surface area contributed by atoms with E-state index in [2.05, 4.69) is 25.3 Å². The number of aliphatic hydroxyl groups is 4. The van der Waals surface area contributed by atoms with Crippen LogP contribution in [0.1, 0.15) is 0 Å². The van der Waals surface area contributed by atoms with Crippen molar-refractivity contribution in [3.8, 4) is 0 Å². The highest BCUT2D eigenvalue weighted by atomic mass is 32.1. The number of rotatable bonds is 4. The summed E-state index contributed by atoms with van der Waals surface area (Å²) in [6.45, 7) is -0.250. The first-order valence-electron chi connectivity index (χ1n) is 4.21. The third-order valence-corrected chi connectivity index (χ3v) is 1.67. The van der Waals surface area contributed by atoms with Crippen molar-refractivity contribution in [3.05, 3.63) is 0 Å². The lowest BCUT2D eigenvalue weighted by Crippen LogP contribution is -2.28. The van der Waals surface area contributed by atoms with Crippen LogP contribution in [0.15, 0.2) is 0 Å². The van der Waals surface area contributed by atoms with Crippen LogP contribution in [0.5, 0.6) is 0 Å². The predicted molar refractivity (Wildman–Crippen MR) is 66.3 cm³/mol. The van der Waals surface area contributed by atoms with Gasteiger partial charge in [-0.1, -0.05) is 0 Å². The Morgan fingerprint density at radius 1 is 0.812 bits per heavy atom. The summed E-state index contributed by atoms with van der Waals surface area (Å²) in [5, 5.41) is 54.3. The van der Waals surface area contributed by atoms with Crippen molar-refractivity contribution in [1.29, 1.82) is 0 Å². The lowest BCUT2D eigenvalue weighted by molar-refractivity contribution is 0.0504. The van der Waals surface area contributed by atoms with Gasteiger partial charge >= 0.3 is 7.32 Å². The SMILES string of the molecule is OB(O)O.OC(CS)C(O)CS.OCCO. The molecule has 0 aliphatic heterocycles. The normalized spacial score (nSPS) is 12.6. The zero-order valence-electron chi connectivity index (χ0n) is 8.59. The lowest BCUT2D eigenvalue weighted by Gasteiger charge is -2.11. The molecule has 0 spiro atoms. The van der Waals surface area contributed by atoms with Gasteiger partial charge in [0.05, 0.1) is 25.4 Å². The van der Waals surface area contributed by atoms with E-state index < -0.39 is 19.5 Å². The Labute approximate surface area is 105 Å². The van der Waals surface area contributed by atoms with Crippen molar-refractivity contribution in [2.75, 3.05) is 24.7 Å². The van der Waals surface area contributed by atoms with Gasteiger partial charge in [-0.15, -0.1) is 0 Å². The van der Waals surface area contributed by atoms with Gasteiger partial charge in [-0.2, -0.15) is 25.3 Å². The molecule has 16 heavy (non-hydrogen) atoms. The molecule has 0 aromatic rings. The maximum absolute atomic E-state index is 8.75. The Hall–Kier alpha value is 0.485. The largest absolute Gasteiger partial charge is 0.631 e. The van der Waals surface area contributed by atoms with E-state index >= 15 is 0 Å². The van der Waals surface area contributed by atoms with Crippen LogP contribution in [0.2, 0.25) is 0 Å². The lowest BCUT2D eigenvalue weighted by atomic mass is 10.3. The van der Waals surface area contributed by atoms with Gasteiger partial charge in [0, 0.05) is 11.5 Å². The van der Waals surface area contributed by atoms with E-state index in [0.717, 1.165) is 0 Å². The van der Waals surface area contributed by atoms with E-state index in [-0.39, 0.29) is 24.7 Å². The first kappa shape index (κ1) is 21.7. The number of hydrogen-bond acceptors (Lipinski definition) is 9. The molecule has 0 bridgehead atoms. The Kier molecular flexibility index (Phi) is 24.3. The molecule has 0 aliphatic carbocycles. The zero-order valence-corrected chi connectivity index (χ0v) is 10.4. The first-order chi connectivity index (χ1) is 7.37. The van der Waals surface area contributed by atoms with Crippen molar-refractivity contribution >= 4 is 32.6 Å². The first-order valence-corrected chi connectivity index (χ1v) is 5.47. The molecule has 0 aliphatic rings. The van der Waals surface area contributed by atoms with Gasteiger partial charge in [0.1, 0.15) is 0 Å².